The molecule has 0 saturated heterocycles. The van der Waals surface area contributed by atoms with Gasteiger partial charge in [-0.15, -0.1) is 0 Å². The van der Waals surface area contributed by atoms with Crippen LogP contribution in [0.3, 0.4) is 0 Å². The van der Waals surface area contributed by atoms with E-state index in [-0.39, 0.29) is 0 Å². The molecule has 1 aromatic heterocycles. The van der Waals surface area contributed by atoms with Crippen molar-refractivity contribution in [2.24, 2.45) is 11.0 Å². The first-order chi connectivity index (χ1) is 5.47. The standard InChI is InChI=1S/C5H8BrN4OP/c6-4-1-2-5(9-3-4)10-12(7,8)11/h1-3H,(H5,7,8,9,10,11). The lowest BCUT2D eigenvalue weighted by molar-refractivity contribution is 0.580. The van der Waals surface area contributed by atoms with E-state index >= 15 is 0 Å². The summed E-state index contributed by atoms with van der Waals surface area (Å²) < 4.78 is 11.7. The quantitative estimate of drug-likeness (QED) is 0.688. The number of nitrogens with one attached hydrogen (secondary N) is 1. The topological polar surface area (TPSA) is 94.0 Å². The number of hydrogen-bond acceptors (Lipinski definition) is 2. The Morgan fingerprint density at radius 1 is 1.50 bits per heavy atom. The minimum absolute atomic E-state index is 0.395. The first-order valence-electron chi connectivity index (χ1n) is 3.04. The molecule has 0 unspecified atom stereocenters. The Balaban J connectivity index is 2.78. The van der Waals surface area contributed by atoms with Gasteiger partial charge in [-0.05, 0) is 28.1 Å². The molecular weight excluding hydrogens is 243 g/mol. The Bertz CT molecular complexity index is 308. The lowest BCUT2D eigenvalue weighted by atomic mass is 10.5. The molecule has 0 radical (unpaired) electrons. The van der Waals surface area contributed by atoms with E-state index in [2.05, 4.69) is 26.0 Å². The number of anilines is 1. The van der Waals surface area contributed by atoms with Crippen molar-refractivity contribution in [3.8, 4) is 0 Å². The summed E-state index contributed by atoms with van der Waals surface area (Å²) in [4.78, 5) is 3.87. The molecule has 0 aromatic carbocycles. The Labute approximate surface area is 78.2 Å². The molecule has 0 atom stereocenters. The van der Waals surface area contributed by atoms with Crippen LogP contribution in [-0.4, -0.2) is 4.98 Å². The van der Waals surface area contributed by atoms with Gasteiger partial charge in [0.1, 0.15) is 5.82 Å². The molecule has 1 aromatic rings. The minimum atomic E-state index is -3.23. The number of rotatable bonds is 2. The summed E-state index contributed by atoms with van der Waals surface area (Å²) in [5, 5.41) is 2.39. The van der Waals surface area contributed by atoms with Crippen LogP contribution in [-0.2, 0) is 4.57 Å². The Kier molecular flexibility index (Phi) is 2.85. The number of hydrogen-bond donors (Lipinski definition) is 3. The van der Waals surface area contributed by atoms with Crippen LogP contribution in [0.15, 0.2) is 22.8 Å². The maximum Gasteiger partial charge on any atom is 0.299 e. The third kappa shape index (κ3) is 3.32. The summed E-state index contributed by atoms with van der Waals surface area (Å²) in [6.45, 7) is 0. The molecule has 12 heavy (non-hydrogen) atoms. The first kappa shape index (κ1) is 9.67. The first-order valence-corrected chi connectivity index (χ1v) is 5.68. The van der Waals surface area contributed by atoms with Crippen molar-refractivity contribution >= 4 is 29.3 Å². The second kappa shape index (κ2) is 3.53. The van der Waals surface area contributed by atoms with Crippen LogP contribution in [0.2, 0.25) is 0 Å². The summed E-state index contributed by atoms with van der Waals surface area (Å²) in [7, 11) is -3.23. The van der Waals surface area contributed by atoms with Gasteiger partial charge in [-0.1, -0.05) is 0 Å². The molecular formula is C5H8BrN4OP. The fraction of sp³-hybridized carbons (Fsp3) is 0. The molecule has 0 amide bonds. The molecule has 0 fully saturated rings. The summed E-state index contributed by atoms with van der Waals surface area (Å²) >= 11 is 3.20. The van der Waals surface area contributed by atoms with Crippen molar-refractivity contribution in [3.63, 3.8) is 0 Å². The van der Waals surface area contributed by atoms with Gasteiger partial charge in [0.05, 0.1) is 0 Å². The largest absolute Gasteiger partial charge is 0.299 e. The average molecular weight is 251 g/mol. The average Bonchev–Trinajstić information content (AvgIpc) is 1.91. The van der Waals surface area contributed by atoms with Crippen molar-refractivity contribution in [1.82, 2.24) is 4.98 Å². The predicted molar refractivity (Wildman–Crippen MR) is 51.5 cm³/mol. The molecule has 0 aliphatic heterocycles. The van der Waals surface area contributed by atoms with Crippen LogP contribution in [0.4, 0.5) is 5.82 Å². The van der Waals surface area contributed by atoms with Crippen LogP contribution >= 0.6 is 23.5 Å². The summed E-state index contributed by atoms with van der Waals surface area (Å²) in [6, 6.07) is 3.36. The lowest BCUT2D eigenvalue weighted by Crippen LogP contribution is -2.13. The molecule has 0 saturated carbocycles. The fourth-order valence-electron chi connectivity index (χ4n) is 0.621. The lowest BCUT2D eigenvalue weighted by Gasteiger charge is -2.08. The zero-order valence-electron chi connectivity index (χ0n) is 6.07. The van der Waals surface area contributed by atoms with Crippen LogP contribution < -0.4 is 16.1 Å². The van der Waals surface area contributed by atoms with E-state index in [0.29, 0.717) is 5.82 Å². The van der Waals surface area contributed by atoms with Crippen molar-refractivity contribution in [2.45, 2.75) is 0 Å². The molecule has 1 heterocycles. The number of nitrogens with two attached hydrogens (primary N) is 2. The van der Waals surface area contributed by atoms with E-state index in [1.54, 1.807) is 18.3 Å². The van der Waals surface area contributed by atoms with Gasteiger partial charge in [-0.3, -0.25) is 20.7 Å². The molecule has 7 heteroatoms. The zero-order chi connectivity index (χ0) is 9.19. The number of pyridine rings is 1. The highest BCUT2D eigenvalue weighted by Crippen LogP contribution is 2.26. The third-order valence-corrected chi connectivity index (χ3v) is 2.06. The fourth-order valence-corrected chi connectivity index (χ4v) is 1.35. The number of halogens is 1. The van der Waals surface area contributed by atoms with E-state index in [1.807, 2.05) is 0 Å². The van der Waals surface area contributed by atoms with Gasteiger partial charge in [-0.25, -0.2) is 4.98 Å². The van der Waals surface area contributed by atoms with Gasteiger partial charge < -0.3 is 0 Å². The molecule has 0 aliphatic carbocycles. The third-order valence-electron chi connectivity index (χ3n) is 1.02. The zero-order valence-corrected chi connectivity index (χ0v) is 8.55. The van der Waals surface area contributed by atoms with Crippen molar-refractivity contribution < 1.29 is 4.57 Å². The molecule has 5 nitrogen and oxygen atoms in total. The SMILES string of the molecule is NP(N)(=O)Nc1ccc(Br)cn1. The van der Waals surface area contributed by atoms with E-state index in [4.69, 9.17) is 11.0 Å². The molecule has 5 N–H and O–H groups in total. The number of nitrogens with zero attached hydrogens (tertiary/aromatic N) is 1. The summed E-state index contributed by atoms with van der Waals surface area (Å²) in [5.74, 6) is 0.395. The second-order valence-corrected chi connectivity index (χ2v) is 4.74. The minimum Gasteiger partial charge on any atom is -0.298 e. The van der Waals surface area contributed by atoms with E-state index < -0.39 is 7.59 Å². The highest BCUT2D eigenvalue weighted by atomic mass is 79.9. The second-order valence-electron chi connectivity index (χ2n) is 2.18. The maximum absolute atomic E-state index is 10.9. The maximum atomic E-state index is 10.9. The highest BCUT2D eigenvalue weighted by Gasteiger charge is 2.07. The van der Waals surface area contributed by atoms with Crippen LogP contribution in [0.1, 0.15) is 0 Å². The van der Waals surface area contributed by atoms with Gasteiger partial charge in [0.25, 0.3) is 7.59 Å². The molecule has 66 valence electrons. The number of aromatic nitrogens is 1. The Morgan fingerprint density at radius 3 is 2.58 bits per heavy atom. The van der Waals surface area contributed by atoms with E-state index in [9.17, 15) is 4.57 Å². The van der Waals surface area contributed by atoms with Gasteiger partial charge >= 0.3 is 0 Å². The monoisotopic (exact) mass is 250 g/mol. The summed E-state index contributed by atoms with van der Waals surface area (Å²) in [6.07, 6.45) is 1.55. The normalized spacial score (nSPS) is 11.2. The Hall–Kier alpha value is -0.420. The van der Waals surface area contributed by atoms with Gasteiger partial charge in [0.15, 0.2) is 0 Å². The van der Waals surface area contributed by atoms with Gasteiger partial charge in [0, 0.05) is 10.7 Å². The Morgan fingerprint density at radius 2 is 2.17 bits per heavy atom. The van der Waals surface area contributed by atoms with E-state index in [0.717, 1.165) is 4.47 Å². The smallest absolute Gasteiger partial charge is 0.298 e. The van der Waals surface area contributed by atoms with Crippen LogP contribution in [0.25, 0.3) is 0 Å². The van der Waals surface area contributed by atoms with Gasteiger partial charge in [0.2, 0.25) is 0 Å². The van der Waals surface area contributed by atoms with Crippen molar-refractivity contribution in [2.75, 3.05) is 5.09 Å². The van der Waals surface area contributed by atoms with Crippen LogP contribution in [0, 0.1) is 0 Å². The predicted octanol–water partition coefficient (Wildman–Crippen LogP) is 1.28. The van der Waals surface area contributed by atoms with Gasteiger partial charge in [-0.2, -0.15) is 0 Å². The molecule has 0 bridgehead atoms. The van der Waals surface area contributed by atoms with Crippen molar-refractivity contribution in [3.05, 3.63) is 22.8 Å². The van der Waals surface area contributed by atoms with Crippen LogP contribution in [0.5, 0.6) is 0 Å². The molecule has 0 aliphatic rings. The van der Waals surface area contributed by atoms with E-state index in [1.165, 1.54) is 0 Å². The molecule has 1 rings (SSSR count). The summed E-state index contributed by atoms with van der Waals surface area (Å²) in [5.41, 5.74) is 10.2. The molecule has 0 spiro atoms. The van der Waals surface area contributed by atoms with Crippen molar-refractivity contribution in [1.29, 1.82) is 0 Å². The highest BCUT2D eigenvalue weighted by molar-refractivity contribution is 9.10.